The molecular formula is C17H25N. The second kappa shape index (κ2) is 6.08. The van der Waals surface area contributed by atoms with E-state index in [1.807, 2.05) is 0 Å². The van der Waals surface area contributed by atoms with E-state index in [0.29, 0.717) is 0 Å². The highest BCUT2D eigenvalue weighted by Crippen LogP contribution is 2.27. The number of benzene rings is 1. The van der Waals surface area contributed by atoms with Crippen molar-refractivity contribution >= 4 is 5.69 Å². The van der Waals surface area contributed by atoms with E-state index >= 15 is 0 Å². The molecule has 2 rings (SSSR count). The first-order valence-corrected chi connectivity index (χ1v) is 7.20. The van der Waals surface area contributed by atoms with Crippen molar-refractivity contribution in [2.45, 2.75) is 39.5 Å². The van der Waals surface area contributed by atoms with Gasteiger partial charge in [0, 0.05) is 18.8 Å². The Labute approximate surface area is 112 Å². The van der Waals surface area contributed by atoms with Gasteiger partial charge in [-0.25, -0.2) is 0 Å². The largest absolute Gasteiger partial charge is 0.371 e. The van der Waals surface area contributed by atoms with Gasteiger partial charge < -0.3 is 4.90 Å². The number of anilines is 1. The minimum atomic E-state index is 0.737. The van der Waals surface area contributed by atoms with E-state index in [0.717, 1.165) is 5.92 Å². The van der Waals surface area contributed by atoms with Gasteiger partial charge >= 0.3 is 0 Å². The van der Waals surface area contributed by atoms with Crippen molar-refractivity contribution in [2.75, 3.05) is 18.0 Å². The van der Waals surface area contributed by atoms with Gasteiger partial charge in [0.05, 0.1) is 0 Å². The van der Waals surface area contributed by atoms with Crippen LogP contribution < -0.4 is 4.90 Å². The second-order valence-electron chi connectivity index (χ2n) is 5.52. The molecule has 0 spiro atoms. The molecule has 1 nitrogen and oxygen atoms in total. The van der Waals surface area contributed by atoms with Gasteiger partial charge in [0.2, 0.25) is 0 Å². The maximum absolute atomic E-state index is 4.09. The summed E-state index contributed by atoms with van der Waals surface area (Å²) >= 11 is 0. The Morgan fingerprint density at radius 2 is 1.83 bits per heavy atom. The first-order chi connectivity index (χ1) is 8.70. The second-order valence-corrected chi connectivity index (χ2v) is 5.52. The smallest absolute Gasteiger partial charge is 0.0366 e. The molecule has 0 radical (unpaired) electrons. The standard InChI is InChI=1S/C17H25N/c1-4-5-15-6-8-17(9-7-15)18-12-10-16(11-13-18)14(2)3/h6-9,16H,2,4-5,10-13H2,1,3H3. The fraction of sp³-hybridized carbons (Fsp3) is 0.529. The average molecular weight is 243 g/mol. The molecule has 0 aromatic heterocycles. The summed E-state index contributed by atoms with van der Waals surface area (Å²) in [6.45, 7) is 10.8. The number of piperidine rings is 1. The highest BCUT2D eigenvalue weighted by atomic mass is 15.1. The van der Waals surface area contributed by atoms with Crippen LogP contribution in [0, 0.1) is 5.92 Å². The Balaban J connectivity index is 1.95. The lowest BCUT2D eigenvalue weighted by Crippen LogP contribution is -2.33. The number of nitrogens with zero attached hydrogens (tertiary/aromatic N) is 1. The molecule has 0 unspecified atom stereocenters. The summed E-state index contributed by atoms with van der Waals surface area (Å²) in [6.07, 6.45) is 4.93. The molecule has 1 heterocycles. The Kier molecular flexibility index (Phi) is 4.46. The van der Waals surface area contributed by atoms with Gasteiger partial charge in [0.25, 0.3) is 0 Å². The summed E-state index contributed by atoms with van der Waals surface area (Å²) in [6, 6.07) is 9.13. The van der Waals surface area contributed by atoms with Crippen molar-refractivity contribution in [3.05, 3.63) is 42.0 Å². The first kappa shape index (κ1) is 13.2. The summed E-state index contributed by atoms with van der Waals surface area (Å²) in [5, 5.41) is 0. The molecule has 1 fully saturated rings. The monoisotopic (exact) mass is 243 g/mol. The van der Waals surface area contributed by atoms with Gasteiger partial charge in [-0.15, -0.1) is 0 Å². The topological polar surface area (TPSA) is 3.24 Å². The summed E-state index contributed by atoms with van der Waals surface area (Å²) in [7, 11) is 0. The van der Waals surface area contributed by atoms with Gasteiger partial charge in [-0.05, 0) is 49.8 Å². The number of rotatable bonds is 4. The van der Waals surface area contributed by atoms with E-state index in [-0.39, 0.29) is 0 Å². The summed E-state index contributed by atoms with van der Waals surface area (Å²) < 4.78 is 0. The average Bonchev–Trinajstić information content (AvgIpc) is 2.40. The minimum Gasteiger partial charge on any atom is -0.371 e. The fourth-order valence-electron chi connectivity index (χ4n) is 2.79. The maximum Gasteiger partial charge on any atom is 0.0366 e. The van der Waals surface area contributed by atoms with Crippen molar-refractivity contribution in [2.24, 2.45) is 5.92 Å². The Bertz CT molecular complexity index is 383. The van der Waals surface area contributed by atoms with E-state index in [2.05, 4.69) is 49.6 Å². The number of allylic oxidation sites excluding steroid dienone is 1. The van der Waals surface area contributed by atoms with Crippen LogP contribution in [0.15, 0.2) is 36.4 Å². The molecule has 1 aromatic rings. The Hall–Kier alpha value is -1.24. The van der Waals surface area contributed by atoms with Crippen LogP contribution in [0.2, 0.25) is 0 Å². The molecule has 1 aliphatic heterocycles. The Morgan fingerprint density at radius 3 is 2.33 bits per heavy atom. The van der Waals surface area contributed by atoms with E-state index in [4.69, 9.17) is 0 Å². The summed E-state index contributed by atoms with van der Waals surface area (Å²) in [5.41, 5.74) is 4.20. The molecule has 0 saturated carbocycles. The van der Waals surface area contributed by atoms with Crippen molar-refractivity contribution in [3.8, 4) is 0 Å². The third kappa shape index (κ3) is 3.16. The quantitative estimate of drug-likeness (QED) is 0.707. The van der Waals surface area contributed by atoms with Crippen molar-refractivity contribution in [3.63, 3.8) is 0 Å². The van der Waals surface area contributed by atoms with E-state index < -0.39 is 0 Å². The van der Waals surface area contributed by atoms with Gasteiger partial charge in [0.1, 0.15) is 0 Å². The molecular weight excluding hydrogens is 218 g/mol. The maximum atomic E-state index is 4.09. The van der Waals surface area contributed by atoms with Gasteiger partial charge in [0.15, 0.2) is 0 Å². The van der Waals surface area contributed by atoms with Crippen LogP contribution in [0.5, 0.6) is 0 Å². The lowest BCUT2D eigenvalue weighted by Gasteiger charge is -2.34. The molecule has 18 heavy (non-hydrogen) atoms. The summed E-state index contributed by atoms with van der Waals surface area (Å²) in [5.74, 6) is 0.737. The minimum absolute atomic E-state index is 0.737. The van der Waals surface area contributed by atoms with Gasteiger partial charge in [-0.2, -0.15) is 0 Å². The lowest BCUT2D eigenvalue weighted by molar-refractivity contribution is 0.459. The van der Waals surface area contributed by atoms with E-state index in [1.165, 1.54) is 55.6 Å². The SMILES string of the molecule is C=C(C)C1CCN(c2ccc(CCC)cc2)CC1. The predicted octanol–water partition coefficient (Wildman–Crippen LogP) is 4.43. The van der Waals surface area contributed by atoms with Crippen LogP contribution in [-0.2, 0) is 6.42 Å². The van der Waals surface area contributed by atoms with Crippen LogP contribution >= 0.6 is 0 Å². The zero-order valence-corrected chi connectivity index (χ0v) is 11.8. The molecule has 1 aromatic carbocycles. The van der Waals surface area contributed by atoms with Crippen LogP contribution in [0.25, 0.3) is 0 Å². The highest BCUT2D eigenvalue weighted by molar-refractivity contribution is 5.48. The van der Waals surface area contributed by atoms with Crippen molar-refractivity contribution < 1.29 is 0 Å². The Morgan fingerprint density at radius 1 is 1.22 bits per heavy atom. The van der Waals surface area contributed by atoms with Crippen molar-refractivity contribution in [1.82, 2.24) is 0 Å². The lowest BCUT2D eigenvalue weighted by atomic mass is 9.91. The molecule has 98 valence electrons. The molecule has 0 atom stereocenters. The van der Waals surface area contributed by atoms with Gasteiger partial charge in [-0.1, -0.05) is 37.6 Å². The molecule has 0 amide bonds. The fourth-order valence-corrected chi connectivity index (χ4v) is 2.79. The van der Waals surface area contributed by atoms with E-state index in [9.17, 15) is 0 Å². The molecule has 1 heteroatoms. The molecule has 0 bridgehead atoms. The van der Waals surface area contributed by atoms with E-state index in [1.54, 1.807) is 0 Å². The van der Waals surface area contributed by atoms with Gasteiger partial charge in [-0.3, -0.25) is 0 Å². The predicted molar refractivity (Wildman–Crippen MR) is 80.2 cm³/mol. The first-order valence-electron chi connectivity index (χ1n) is 7.20. The highest BCUT2D eigenvalue weighted by Gasteiger charge is 2.19. The molecule has 0 aliphatic carbocycles. The number of hydrogen-bond donors (Lipinski definition) is 0. The molecule has 1 saturated heterocycles. The molecule has 0 N–H and O–H groups in total. The normalized spacial score (nSPS) is 16.9. The van der Waals surface area contributed by atoms with Crippen LogP contribution in [0.1, 0.15) is 38.7 Å². The van der Waals surface area contributed by atoms with Crippen LogP contribution in [0.4, 0.5) is 5.69 Å². The molecule has 1 aliphatic rings. The van der Waals surface area contributed by atoms with Crippen molar-refractivity contribution in [1.29, 1.82) is 0 Å². The number of aryl methyl sites for hydroxylation is 1. The van der Waals surface area contributed by atoms with Crippen LogP contribution in [-0.4, -0.2) is 13.1 Å². The zero-order valence-electron chi connectivity index (χ0n) is 11.8. The number of hydrogen-bond acceptors (Lipinski definition) is 1. The zero-order chi connectivity index (χ0) is 13.0. The third-order valence-corrected chi connectivity index (χ3v) is 4.03. The van der Waals surface area contributed by atoms with Crippen LogP contribution in [0.3, 0.4) is 0 Å². The third-order valence-electron chi connectivity index (χ3n) is 4.03. The summed E-state index contributed by atoms with van der Waals surface area (Å²) in [4.78, 5) is 2.51.